The molecule has 102 valence electrons. The van der Waals surface area contributed by atoms with Crippen LogP contribution in [0, 0.1) is 0 Å². The van der Waals surface area contributed by atoms with Crippen molar-refractivity contribution in [2.24, 2.45) is 0 Å². The first-order valence-electron chi connectivity index (χ1n) is 6.69. The van der Waals surface area contributed by atoms with Gasteiger partial charge in [0, 0.05) is 17.3 Å². The molecule has 1 aromatic rings. The van der Waals surface area contributed by atoms with Crippen LogP contribution in [-0.2, 0) is 4.79 Å². The molecule has 1 unspecified atom stereocenters. The van der Waals surface area contributed by atoms with E-state index in [9.17, 15) is 4.79 Å². The summed E-state index contributed by atoms with van der Waals surface area (Å²) in [4.78, 5) is 13.1. The molecule has 0 bridgehead atoms. The Morgan fingerprint density at radius 3 is 2.78 bits per heavy atom. The second-order valence-corrected chi connectivity index (χ2v) is 5.74. The molecule has 1 atom stereocenters. The minimum absolute atomic E-state index is 0.154. The zero-order valence-corrected chi connectivity index (χ0v) is 12.3. The Hall–Kier alpha value is -0.870. The van der Waals surface area contributed by atoms with Gasteiger partial charge in [0.25, 0.3) is 0 Å². The van der Waals surface area contributed by atoms with Gasteiger partial charge in [-0.15, -0.1) is 11.3 Å². The Morgan fingerprint density at radius 2 is 2.22 bits per heavy atom. The first-order chi connectivity index (χ1) is 8.63. The summed E-state index contributed by atoms with van der Waals surface area (Å²) in [6.45, 7) is 7.24. The monoisotopic (exact) mass is 268 g/mol. The zero-order chi connectivity index (χ0) is 13.4. The fourth-order valence-electron chi connectivity index (χ4n) is 1.77. The topological polar surface area (TPSA) is 41.1 Å². The number of hydrogen-bond acceptors (Lipinski definition) is 3. The van der Waals surface area contributed by atoms with Crippen molar-refractivity contribution in [3.8, 4) is 0 Å². The Balaban J connectivity index is 2.26. The highest BCUT2D eigenvalue weighted by molar-refractivity contribution is 7.10. The number of thiophene rings is 1. The molecule has 0 aliphatic heterocycles. The van der Waals surface area contributed by atoms with Gasteiger partial charge >= 0.3 is 0 Å². The molecule has 0 saturated carbocycles. The lowest BCUT2D eigenvalue weighted by molar-refractivity contribution is -0.121. The predicted octanol–water partition coefficient (Wildman–Crippen LogP) is 3.09. The highest BCUT2D eigenvalue weighted by Gasteiger charge is 2.12. The van der Waals surface area contributed by atoms with Crippen molar-refractivity contribution in [2.75, 3.05) is 6.54 Å². The summed E-state index contributed by atoms with van der Waals surface area (Å²) in [6.07, 6.45) is 2.43. The van der Waals surface area contributed by atoms with Crippen molar-refractivity contribution in [3.63, 3.8) is 0 Å². The molecule has 18 heavy (non-hydrogen) atoms. The smallest absolute Gasteiger partial charge is 0.220 e. The van der Waals surface area contributed by atoms with Crippen molar-refractivity contribution in [1.29, 1.82) is 0 Å². The molecular weight excluding hydrogens is 244 g/mol. The summed E-state index contributed by atoms with van der Waals surface area (Å²) in [5, 5.41) is 8.47. The van der Waals surface area contributed by atoms with Gasteiger partial charge in [-0.25, -0.2) is 0 Å². The summed E-state index contributed by atoms with van der Waals surface area (Å²) in [7, 11) is 0. The summed E-state index contributed by atoms with van der Waals surface area (Å²) < 4.78 is 0. The molecule has 4 heteroatoms. The highest BCUT2D eigenvalue weighted by Crippen LogP contribution is 2.21. The molecule has 0 saturated heterocycles. The van der Waals surface area contributed by atoms with Crippen LogP contribution in [0.25, 0.3) is 0 Å². The fourth-order valence-corrected chi connectivity index (χ4v) is 2.63. The minimum Gasteiger partial charge on any atom is -0.348 e. The average molecular weight is 268 g/mol. The van der Waals surface area contributed by atoms with Crippen LogP contribution in [0.15, 0.2) is 17.5 Å². The third-order valence-electron chi connectivity index (χ3n) is 2.76. The lowest BCUT2D eigenvalue weighted by Gasteiger charge is -2.15. The molecule has 0 aliphatic carbocycles. The summed E-state index contributed by atoms with van der Waals surface area (Å²) in [5.41, 5.74) is 0. The van der Waals surface area contributed by atoms with E-state index in [2.05, 4.69) is 42.9 Å². The molecule has 0 radical (unpaired) electrons. The van der Waals surface area contributed by atoms with Crippen LogP contribution in [0.1, 0.15) is 51.0 Å². The van der Waals surface area contributed by atoms with Gasteiger partial charge in [-0.2, -0.15) is 0 Å². The molecule has 1 heterocycles. The molecule has 0 aromatic carbocycles. The van der Waals surface area contributed by atoms with Crippen molar-refractivity contribution >= 4 is 17.2 Å². The van der Waals surface area contributed by atoms with Gasteiger partial charge in [0.05, 0.1) is 6.04 Å². The van der Waals surface area contributed by atoms with E-state index in [1.165, 1.54) is 4.88 Å². The SMILES string of the molecule is CCC(NC(=O)CCCNC(C)C)c1cccs1. The van der Waals surface area contributed by atoms with E-state index in [-0.39, 0.29) is 11.9 Å². The van der Waals surface area contributed by atoms with E-state index < -0.39 is 0 Å². The maximum absolute atomic E-state index is 11.8. The molecule has 3 nitrogen and oxygen atoms in total. The maximum atomic E-state index is 11.8. The van der Waals surface area contributed by atoms with Crippen LogP contribution < -0.4 is 10.6 Å². The van der Waals surface area contributed by atoms with Crippen LogP contribution in [0.5, 0.6) is 0 Å². The Labute approximate surface area is 114 Å². The molecular formula is C14H24N2OS. The van der Waals surface area contributed by atoms with Crippen LogP contribution in [-0.4, -0.2) is 18.5 Å². The van der Waals surface area contributed by atoms with Gasteiger partial charge in [-0.1, -0.05) is 26.8 Å². The molecule has 0 aliphatic rings. The van der Waals surface area contributed by atoms with E-state index in [0.717, 1.165) is 19.4 Å². The van der Waals surface area contributed by atoms with E-state index >= 15 is 0 Å². The van der Waals surface area contributed by atoms with Gasteiger partial charge in [-0.3, -0.25) is 4.79 Å². The number of carbonyl (C=O) groups excluding carboxylic acids is 1. The Morgan fingerprint density at radius 1 is 1.44 bits per heavy atom. The van der Waals surface area contributed by atoms with Crippen LogP contribution in [0.4, 0.5) is 0 Å². The third-order valence-corrected chi connectivity index (χ3v) is 3.75. The molecule has 1 aromatic heterocycles. The second-order valence-electron chi connectivity index (χ2n) is 4.76. The standard InChI is InChI=1S/C14H24N2OS/c1-4-12(13-7-6-10-18-13)16-14(17)8-5-9-15-11(2)3/h6-7,10-12,15H,4-5,8-9H2,1-3H3,(H,16,17). The zero-order valence-electron chi connectivity index (χ0n) is 11.5. The maximum Gasteiger partial charge on any atom is 0.220 e. The molecule has 1 amide bonds. The lowest BCUT2D eigenvalue weighted by Crippen LogP contribution is -2.29. The van der Waals surface area contributed by atoms with Gasteiger partial charge < -0.3 is 10.6 Å². The lowest BCUT2D eigenvalue weighted by atomic mass is 10.1. The molecule has 1 rings (SSSR count). The van der Waals surface area contributed by atoms with Crippen LogP contribution in [0.2, 0.25) is 0 Å². The fraction of sp³-hybridized carbons (Fsp3) is 0.643. The highest BCUT2D eigenvalue weighted by atomic mass is 32.1. The van der Waals surface area contributed by atoms with Gasteiger partial charge in [0.1, 0.15) is 0 Å². The van der Waals surface area contributed by atoms with Crippen molar-refractivity contribution in [1.82, 2.24) is 10.6 Å². The Kier molecular flexibility index (Phi) is 6.98. The van der Waals surface area contributed by atoms with Gasteiger partial charge in [0.15, 0.2) is 0 Å². The molecule has 0 spiro atoms. The van der Waals surface area contributed by atoms with Crippen molar-refractivity contribution in [2.45, 2.75) is 52.1 Å². The predicted molar refractivity (Wildman–Crippen MR) is 77.9 cm³/mol. The number of carbonyl (C=O) groups is 1. The Bertz CT molecular complexity index is 336. The van der Waals surface area contributed by atoms with E-state index in [1.54, 1.807) is 11.3 Å². The summed E-state index contributed by atoms with van der Waals surface area (Å²) >= 11 is 1.70. The second kappa shape index (κ2) is 8.27. The van der Waals surface area contributed by atoms with E-state index in [1.807, 2.05) is 6.07 Å². The van der Waals surface area contributed by atoms with Crippen molar-refractivity contribution in [3.05, 3.63) is 22.4 Å². The first-order valence-corrected chi connectivity index (χ1v) is 7.57. The largest absolute Gasteiger partial charge is 0.348 e. The first kappa shape index (κ1) is 15.2. The van der Waals surface area contributed by atoms with E-state index in [0.29, 0.717) is 12.5 Å². The van der Waals surface area contributed by atoms with Gasteiger partial charge in [0.2, 0.25) is 5.91 Å². The number of rotatable bonds is 8. The molecule has 2 N–H and O–H groups in total. The van der Waals surface area contributed by atoms with Crippen LogP contribution >= 0.6 is 11.3 Å². The summed E-state index contributed by atoms with van der Waals surface area (Å²) in [6, 6.07) is 4.78. The number of hydrogen-bond donors (Lipinski definition) is 2. The average Bonchev–Trinajstić information content (AvgIpc) is 2.85. The van der Waals surface area contributed by atoms with Crippen molar-refractivity contribution < 1.29 is 4.79 Å². The third kappa shape index (κ3) is 5.65. The number of amides is 1. The normalized spacial score (nSPS) is 12.7. The summed E-state index contributed by atoms with van der Waals surface area (Å²) in [5.74, 6) is 0.154. The van der Waals surface area contributed by atoms with E-state index in [4.69, 9.17) is 0 Å². The number of nitrogens with one attached hydrogen (secondary N) is 2. The van der Waals surface area contributed by atoms with Crippen LogP contribution in [0.3, 0.4) is 0 Å². The minimum atomic E-state index is 0.154. The quantitative estimate of drug-likeness (QED) is 0.711. The van der Waals surface area contributed by atoms with Gasteiger partial charge in [-0.05, 0) is 30.8 Å². The molecule has 0 fully saturated rings.